The predicted molar refractivity (Wildman–Crippen MR) is 83.6 cm³/mol. The Kier molecular flexibility index (Phi) is 3.00. The van der Waals surface area contributed by atoms with Crippen molar-refractivity contribution in [2.45, 2.75) is 59.0 Å². The zero-order chi connectivity index (χ0) is 14.5. The molecule has 0 saturated heterocycles. The van der Waals surface area contributed by atoms with Gasteiger partial charge in [-0.2, -0.15) is 0 Å². The normalized spacial score (nSPS) is 18.8. The van der Waals surface area contributed by atoms with E-state index in [-0.39, 0.29) is 11.5 Å². The van der Waals surface area contributed by atoms with E-state index in [1.165, 1.54) is 22.1 Å². The van der Waals surface area contributed by atoms with E-state index >= 15 is 0 Å². The standard InChI is InChI=1S/C18H23NO/c1-11-6-8-14-12(2)15-10-13(18(3,4)5)7-9-16(15)19-17(14)20-11/h7,9-11H,6,8H2,1-5H3. The molecule has 0 aliphatic carbocycles. The van der Waals surface area contributed by atoms with Crippen molar-refractivity contribution in [3.05, 3.63) is 34.9 Å². The number of ether oxygens (including phenoxy) is 1. The van der Waals surface area contributed by atoms with Gasteiger partial charge < -0.3 is 4.74 Å². The second kappa shape index (κ2) is 4.47. The van der Waals surface area contributed by atoms with E-state index in [9.17, 15) is 0 Å². The van der Waals surface area contributed by atoms with E-state index in [2.05, 4.69) is 52.8 Å². The molecule has 1 aliphatic heterocycles. The van der Waals surface area contributed by atoms with Gasteiger partial charge in [0.2, 0.25) is 5.88 Å². The number of pyridine rings is 1. The molecule has 1 unspecified atom stereocenters. The largest absolute Gasteiger partial charge is 0.474 e. The summed E-state index contributed by atoms with van der Waals surface area (Å²) in [5.74, 6) is 0.845. The van der Waals surface area contributed by atoms with Gasteiger partial charge in [0.25, 0.3) is 0 Å². The number of fused-ring (bicyclic) bond motifs is 2. The Hall–Kier alpha value is -1.57. The smallest absolute Gasteiger partial charge is 0.217 e. The highest BCUT2D eigenvalue weighted by molar-refractivity contribution is 5.85. The van der Waals surface area contributed by atoms with Crippen molar-refractivity contribution in [2.75, 3.05) is 0 Å². The van der Waals surface area contributed by atoms with E-state index in [0.717, 1.165) is 24.2 Å². The monoisotopic (exact) mass is 269 g/mol. The fourth-order valence-electron chi connectivity index (χ4n) is 2.89. The van der Waals surface area contributed by atoms with Crippen molar-refractivity contribution in [2.24, 2.45) is 0 Å². The fourth-order valence-corrected chi connectivity index (χ4v) is 2.89. The number of rotatable bonds is 0. The average Bonchev–Trinajstić information content (AvgIpc) is 2.37. The molecular weight excluding hydrogens is 246 g/mol. The highest BCUT2D eigenvalue weighted by atomic mass is 16.5. The molecule has 2 heterocycles. The van der Waals surface area contributed by atoms with Gasteiger partial charge in [0.05, 0.1) is 11.6 Å². The molecule has 0 fully saturated rings. The van der Waals surface area contributed by atoms with Crippen LogP contribution < -0.4 is 4.74 Å². The molecule has 1 atom stereocenters. The quantitative estimate of drug-likeness (QED) is 0.699. The third kappa shape index (κ3) is 2.17. The second-order valence-corrected chi connectivity index (χ2v) is 6.97. The highest BCUT2D eigenvalue weighted by Crippen LogP contribution is 2.34. The van der Waals surface area contributed by atoms with E-state index < -0.39 is 0 Å². The van der Waals surface area contributed by atoms with Crippen molar-refractivity contribution in [1.82, 2.24) is 4.98 Å². The molecule has 3 rings (SSSR count). The molecule has 0 saturated carbocycles. The Balaban J connectivity index is 2.22. The van der Waals surface area contributed by atoms with Crippen molar-refractivity contribution in [3.8, 4) is 5.88 Å². The van der Waals surface area contributed by atoms with Crippen LogP contribution in [-0.2, 0) is 11.8 Å². The molecule has 1 aromatic carbocycles. The SMILES string of the molecule is Cc1c2c(nc3ccc(C(C)(C)C)cc13)OC(C)CC2. The van der Waals surface area contributed by atoms with Crippen LogP contribution in [0.15, 0.2) is 18.2 Å². The molecule has 2 aromatic rings. The summed E-state index contributed by atoms with van der Waals surface area (Å²) in [6.07, 6.45) is 2.44. The number of aromatic nitrogens is 1. The van der Waals surface area contributed by atoms with Crippen LogP contribution in [0, 0.1) is 6.92 Å². The molecule has 2 heteroatoms. The number of hydrogen-bond donors (Lipinski definition) is 0. The summed E-state index contributed by atoms with van der Waals surface area (Å²) < 4.78 is 5.91. The lowest BCUT2D eigenvalue weighted by Gasteiger charge is -2.25. The highest BCUT2D eigenvalue weighted by Gasteiger charge is 2.22. The van der Waals surface area contributed by atoms with Crippen LogP contribution in [0.1, 0.15) is 50.8 Å². The third-order valence-corrected chi connectivity index (χ3v) is 4.31. The number of benzene rings is 1. The van der Waals surface area contributed by atoms with E-state index in [1.54, 1.807) is 0 Å². The summed E-state index contributed by atoms with van der Waals surface area (Å²) in [4.78, 5) is 4.73. The minimum Gasteiger partial charge on any atom is -0.474 e. The molecule has 2 nitrogen and oxygen atoms in total. The van der Waals surface area contributed by atoms with Gasteiger partial charge in [-0.15, -0.1) is 0 Å². The fraction of sp³-hybridized carbons (Fsp3) is 0.500. The molecule has 0 bridgehead atoms. The maximum absolute atomic E-state index is 5.91. The Bertz CT molecular complexity index is 667. The van der Waals surface area contributed by atoms with Gasteiger partial charge in [0.15, 0.2) is 0 Å². The van der Waals surface area contributed by atoms with Crippen LogP contribution >= 0.6 is 0 Å². The van der Waals surface area contributed by atoms with Crippen LogP contribution in [0.3, 0.4) is 0 Å². The van der Waals surface area contributed by atoms with Crippen LogP contribution in [0.5, 0.6) is 5.88 Å². The van der Waals surface area contributed by atoms with Gasteiger partial charge in [-0.3, -0.25) is 0 Å². The summed E-state index contributed by atoms with van der Waals surface area (Å²) in [5, 5.41) is 1.27. The Morgan fingerprint density at radius 2 is 2.00 bits per heavy atom. The number of aryl methyl sites for hydroxylation is 1. The first-order valence-corrected chi connectivity index (χ1v) is 7.46. The van der Waals surface area contributed by atoms with Crippen molar-refractivity contribution < 1.29 is 4.74 Å². The summed E-state index contributed by atoms with van der Waals surface area (Å²) in [6, 6.07) is 6.62. The minimum atomic E-state index is 0.168. The van der Waals surface area contributed by atoms with Crippen molar-refractivity contribution in [1.29, 1.82) is 0 Å². The average molecular weight is 269 g/mol. The Labute approximate surface area is 121 Å². The molecule has 0 amide bonds. The maximum atomic E-state index is 5.91. The minimum absolute atomic E-state index is 0.168. The summed E-state index contributed by atoms with van der Waals surface area (Å²) in [5.41, 5.74) is 5.20. The van der Waals surface area contributed by atoms with Crippen LogP contribution in [0.25, 0.3) is 10.9 Å². The van der Waals surface area contributed by atoms with Crippen LogP contribution in [0.2, 0.25) is 0 Å². The van der Waals surface area contributed by atoms with Gasteiger partial charge in [-0.05, 0) is 55.4 Å². The van der Waals surface area contributed by atoms with E-state index in [4.69, 9.17) is 9.72 Å². The predicted octanol–water partition coefficient (Wildman–Crippen LogP) is 4.55. The zero-order valence-corrected chi connectivity index (χ0v) is 13.1. The molecule has 1 aromatic heterocycles. The first kappa shape index (κ1) is 13.4. The Morgan fingerprint density at radius 1 is 1.25 bits per heavy atom. The molecule has 0 N–H and O–H groups in total. The van der Waals surface area contributed by atoms with Gasteiger partial charge in [-0.25, -0.2) is 4.98 Å². The number of hydrogen-bond acceptors (Lipinski definition) is 2. The van der Waals surface area contributed by atoms with E-state index in [0.29, 0.717) is 0 Å². The lowest BCUT2D eigenvalue weighted by Crippen LogP contribution is -2.20. The third-order valence-electron chi connectivity index (χ3n) is 4.31. The first-order chi connectivity index (χ1) is 9.36. The van der Waals surface area contributed by atoms with Crippen LogP contribution in [0.4, 0.5) is 0 Å². The molecule has 106 valence electrons. The number of nitrogens with zero attached hydrogens (tertiary/aromatic N) is 1. The Morgan fingerprint density at radius 3 is 2.70 bits per heavy atom. The topological polar surface area (TPSA) is 22.1 Å². The van der Waals surface area contributed by atoms with Gasteiger partial charge >= 0.3 is 0 Å². The molecule has 20 heavy (non-hydrogen) atoms. The molecule has 1 aliphatic rings. The van der Waals surface area contributed by atoms with Gasteiger partial charge in [0.1, 0.15) is 0 Å². The molecular formula is C18H23NO. The van der Waals surface area contributed by atoms with E-state index in [1.807, 2.05) is 0 Å². The van der Waals surface area contributed by atoms with Crippen LogP contribution in [-0.4, -0.2) is 11.1 Å². The lowest BCUT2D eigenvalue weighted by atomic mass is 9.85. The summed E-state index contributed by atoms with van der Waals surface area (Å²) >= 11 is 0. The first-order valence-electron chi connectivity index (χ1n) is 7.46. The van der Waals surface area contributed by atoms with Gasteiger partial charge in [0, 0.05) is 10.9 Å². The summed E-state index contributed by atoms with van der Waals surface area (Å²) in [7, 11) is 0. The molecule has 0 spiro atoms. The van der Waals surface area contributed by atoms with Crippen molar-refractivity contribution in [3.63, 3.8) is 0 Å². The lowest BCUT2D eigenvalue weighted by molar-refractivity contribution is 0.184. The second-order valence-electron chi connectivity index (χ2n) is 6.97. The van der Waals surface area contributed by atoms with Gasteiger partial charge in [-0.1, -0.05) is 26.8 Å². The van der Waals surface area contributed by atoms with Crippen molar-refractivity contribution >= 4 is 10.9 Å². The molecule has 0 radical (unpaired) electrons. The maximum Gasteiger partial charge on any atom is 0.217 e. The zero-order valence-electron chi connectivity index (χ0n) is 13.1. The summed E-state index contributed by atoms with van der Waals surface area (Å²) in [6.45, 7) is 11.1.